The maximum Gasteiger partial charge on any atom is 0.507 e. The Kier molecular flexibility index (Phi) is 5.65. The van der Waals surface area contributed by atoms with Crippen LogP contribution in [0.25, 0.3) is 0 Å². The molecule has 0 saturated heterocycles. The normalized spacial score (nSPS) is 16.6. The molecular weight excluding hydrogens is 283 g/mol. The van der Waals surface area contributed by atoms with E-state index in [1.54, 1.807) is 4.68 Å². The van der Waals surface area contributed by atoms with Gasteiger partial charge in [0.05, 0.1) is 11.3 Å². The third-order valence-electron chi connectivity index (χ3n) is 4.08. The first-order chi connectivity index (χ1) is 9.87. The summed E-state index contributed by atoms with van der Waals surface area (Å²) in [5, 5.41) is 23.5. The number of aromatic nitrogens is 2. The quantitative estimate of drug-likeness (QED) is 0.592. The lowest BCUT2D eigenvalue weighted by Gasteiger charge is -2.15. The summed E-state index contributed by atoms with van der Waals surface area (Å²) in [5.74, 6) is 0.464. The van der Waals surface area contributed by atoms with Crippen LogP contribution >= 0.6 is 0 Å². The summed E-state index contributed by atoms with van der Waals surface area (Å²) in [4.78, 5) is 0. The van der Waals surface area contributed by atoms with Gasteiger partial charge in [-0.25, -0.2) is 4.68 Å². The summed E-state index contributed by atoms with van der Waals surface area (Å²) in [5.41, 5.74) is 1.41. The van der Waals surface area contributed by atoms with Gasteiger partial charge < -0.3 is 14.8 Å². The predicted molar refractivity (Wildman–Crippen MR) is 87.4 cm³/mol. The Hall–Kier alpha value is -0.628. The summed E-state index contributed by atoms with van der Waals surface area (Å²) >= 11 is 0. The van der Waals surface area contributed by atoms with Crippen LogP contribution < -0.4 is 5.59 Å². The van der Waals surface area contributed by atoms with Crippen molar-refractivity contribution in [2.24, 2.45) is 0 Å². The molecule has 1 heterocycles. The molecule has 1 fully saturated rings. The molecule has 0 radical (unpaired) electrons. The summed E-state index contributed by atoms with van der Waals surface area (Å²) in [6.07, 6.45) is 4.77. The molecule has 2 rings (SSSR count). The Morgan fingerprint density at radius 2 is 2.00 bits per heavy atom. The van der Waals surface area contributed by atoms with E-state index >= 15 is 0 Å². The van der Waals surface area contributed by atoms with Gasteiger partial charge >= 0.3 is 7.12 Å². The van der Waals surface area contributed by atoms with Crippen LogP contribution in [-0.4, -0.2) is 41.6 Å². The third kappa shape index (κ3) is 4.95. The van der Waals surface area contributed by atoms with Gasteiger partial charge in [-0.05, 0) is 25.0 Å². The molecule has 0 amide bonds. The fourth-order valence-corrected chi connectivity index (χ4v) is 3.47. The summed E-state index contributed by atoms with van der Waals surface area (Å²) in [6.45, 7) is 7.93. The number of hydrogen-bond donors (Lipinski definition) is 2. The molecule has 118 valence electrons. The Labute approximate surface area is 128 Å². The Morgan fingerprint density at radius 3 is 2.57 bits per heavy atom. The second-order valence-corrected chi connectivity index (χ2v) is 12.8. The minimum absolute atomic E-state index is 0.296. The zero-order chi connectivity index (χ0) is 15.5. The van der Waals surface area contributed by atoms with E-state index in [-0.39, 0.29) is 0 Å². The van der Waals surface area contributed by atoms with Crippen molar-refractivity contribution in [1.29, 1.82) is 0 Å². The van der Waals surface area contributed by atoms with Gasteiger partial charge in [-0.3, -0.25) is 0 Å². The van der Waals surface area contributed by atoms with E-state index in [9.17, 15) is 10.0 Å². The van der Waals surface area contributed by atoms with E-state index in [0.29, 0.717) is 24.8 Å². The van der Waals surface area contributed by atoms with Crippen molar-refractivity contribution in [2.45, 2.75) is 64.0 Å². The molecule has 7 heteroatoms. The molecule has 0 bridgehead atoms. The highest BCUT2D eigenvalue weighted by molar-refractivity contribution is 6.76. The first-order valence-corrected chi connectivity index (χ1v) is 11.6. The molecule has 21 heavy (non-hydrogen) atoms. The number of ether oxygens (including phenoxy) is 1. The van der Waals surface area contributed by atoms with Gasteiger partial charge in [0.1, 0.15) is 6.73 Å². The fraction of sp³-hybridized carbons (Fsp3) is 0.786. The molecule has 1 aromatic rings. The second-order valence-electron chi connectivity index (χ2n) is 7.20. The van der Waals surface area contributed by atoms with E-state index in [0.717, 1.165) is 24.6 Å². The molecular formula is C14H27BN2O3Si. The van der Waals surface area contributed by atoms with Gasteiger partial charge in [-0.2, -0.15) is 5.10 Å². The predicted octanol–water partition coefficient (Wildman–Crippen LogP) is 1.53. The minimum Gasteiger partial charge on any atom is -0.422 e. The lowest BCUT2D eigenvalue weighted by molar-refractivity contribution is 0.0798. The van der Waals surface area contributed by atoms with Crippen LogP contribution in [0.3, 0.4) is 0 Å². The lowest BCUT2D eigenvalue weighted by atomic mass is 9.85. The van der Waals surface area contributed by atoms with E-state index in [4.69, 9.17) is 4.74 Å². The van der Waals surface area contributed by atoms with Crippen LogP contribution in [0.2, 0.25) is 25.7 Å². The molecule has 0 aromatic carbocycles. The molecule has 1 aliphatic rings. The number of hydrogen-bond acceptors (Lipinski definition) is 4. The smallest absolute Gasteiger partial charge is 0.422 e. The average Bonchev–Trinajstić information content (AvgIpc) is 3.02. The molecule has 2 N–H and O–H groups in total. The van der Waals surface area contributed by atoms with Crippen molar-refractivity contribution in [3.8, 4) is 0 Å². The van der Waals surface area contributed by atoms with Crippen molar-refractivity contribution in [3.63, 3.8) is 0 Å². The molecule has 5 nitrogen and oxygen atoms in total. The highest BCUT2D eigenvalue weighted by Gasteiger charge is 2.25. The standard InChI is InChI=1S/C14H27BN2O3Si/c1-21(2,3)9-8-20-11-17-14(15(18)19)10-13(16-17)12-6-4-5-7-12/h10,12,18-19H,4-9,11H2,1-3H3. The van der Waals surface area contributed by atoms with Crippen molar-refractivity contribution < 1.29 is 14.8 Å². The van der Waals surface area contributed by atoms with Crippen LogP contribution in [-0.2, 0) is 11.5 Å². The molecule has 1 aliphatic carbocycles. The molecule has 0 aliphatic heterocycles. The van der Waals surface area contributed by atoms with Gasteiger partial charge in [0.2, 0.25) is 0 Å². The topological polar surface area (TPSA) is 67.5 Å². The summed E-state index contributed by atoms with van der Waals surface area (Å²) in [7, 11) is -2.59. The first kappa shape index (κ1) is 16.7. The maximum absolute atomic E-state index is 9.49. The molecule has 0 unspecified atom stereocenters. The van der Waals surface area contributed by atoms with Crippen LogP contribution in [0, 0.1) is 0 Å². The minimum atomic E-state index is -1.49. The van der Waals surface area contributed by atoms with Gasteiger partial charge in [0, 0.05) is 20.6 Å². The first-order valence-electron chi connectivity index (χ1n) is 7.88. The molecule has 0 atom stereocenters. The van der Waals surface area contributed by atoms with Crippen LogP contribution in [0.4, 0.5) is 0 Å². The van der Waals surface area contributed by atoms with E-state index in [1.807, 2.05) is 6.07 Å². The average molecular weight is 310 g/mol. The van der Waals surface area contributed by atoms with Crippen LogP contribution in [0.15, 0.2) is 6.07 Å². The van der Waals surface area contributed by atoms with E-state index in [2.05, 4.69) is 24.7 Å². The molecule has 1 aromatic heterocycles. The number of nitrogens with zero attached hydrogens (tertiary/aromatic N) is 2. The Morgan fingerprint density at radius 1 is 1.33 bits per heavy atom. The second kappa shape index (κ2) is 7.09. The van der Waals surface area contributed by atoms with Gasteiger partial charge in [-0.15, -0.1) is 0 Å². The maximum atomic E-state index is 9.49. The molecule has 1 saturated carbocycles. The van der Waals surface area contributed by atoms with E-state index in [1.165, 1.54) is 12.8 Å². The SMILES string of the molecule is C[Si](C)(C)CCOCn1nc(C2CCCC2)cc1B(O)O. The van der Waals surface area contributed by atoms with Crippen molar-refractivity contribution in [2.75, 3.05) is 6.61 Å². The van der Waals surface area contributed by atoms with Gasteiger partial charge in [0.15, 0.2) is 0 Å². The highest BCUT2D eigenvalue weighted by Crippen LogP contribution is 2.32. The van der Waals surface area contributed by atoms with Crippen LogP contribution in [0.5, 0.6) is 0 Å². The highest BCUT2D eigenvalue weighted by atomic mass is 28.3. The zero-order valence-corrected chi connectivity index (χ0v) is 14.4. The Balaban J connectivity index is 1.96. The van der Waals surface area contributed by atoms with E-state index < -0.39 is 15.2 Å². The van der Waals surface area contributed by atoms with Crippen molar-refractivity contribution in [1.82, 2.24) is 9.78 Å². The Bertz CT molecular complexity index is 454. The fourth-order valence-electron chi connectivity index (χ4n) is 2.71. The van der Waals surface area contributed by atoms with Crippen molar-refractivity contribution in [3.05, 3.63) is 11.8 Å². The van der Waals surface area contributed by atoms with Gasteiger partial charge in [0.25, 0.3) is 0 Å². The van der Waals surface area contributed by atoms with Crippen LogP contribution in [0.1, 0.15) is 37.3 Å². The van der Waals surface area contributed by atoms with Crippen molar-refractivity contribution >= 4 is 20.8 Å². The summed E-state index contributed by atoms with van der Waals surface area (Å²) in [6, 6.07) is 2.92. The number of rotatable bonds is 7. The molecule has 0 spiro atoms. The third-order valence-corrected chi connectivity index (χ3v) is 5.78. The monoisotopic (exact) mass is 310 g/mol. The zero-order valence-electron chi connectivity index (χ0n) is 13.4. The summed E-state index contributed by atoms with van der Waals surface area (Å²) < 4.78 is 7.28. The largest absolute Gasteiger partial charge is 0.507 e. The lowest BCUT2D eigenvalue weighted by Crippen LogP contribution is -2.37. The van der Waals surface area contributed by atoms with Gasteiger partial charge in [-0.1, -0.05) is 32.5 Å².